The molecule has 3 heteroatoms. The monoisotopic (exact) mass is 261 g/mol. The van der Waals surface area contributed by atoms with Gasteiger partial charge in [-0.2, -0.15) is 0 Å². The van der Waals surface area contributed by atoms with Crippen LogP contribution in [-0.2, 0) is 6.42 Å². The summed E-state index contributed by atoms with van der Waals surface area (Å²) in [7, 11) is 0. The third-order valence-electron chi connectivity index (χ3n) is 2.71. The Hall–Kier alpha value is -1.32. The van der Waals surface area contributed by atoms with Crippen LogP contribution < -0.4 is 5.73 Å². The highest BCUT2D eigenvalue weighted by Crippen LogP contribution is 2.30. The lowest BCUT2D eigenvalue weighted by molar-refractivity contribution is 0.626. The number of rotatable bonds is 4. The summed E-state index contributed by atoms with van der Waals surface area (Å²) in [6, 6.07) is 12.9. The fraction of sp³-hybridized carbons (Fsp3) is 0.200. The van der Waals surface area contributed by atoms with Crippen molar-refractivity contribution in [2.75, 3.05) is 6.54 Å². The Balaban J connectivity index is 2.16. The van der Waals surface area contributed by atoms with Gasteiger partial charge in [0.05, 0.1) is 0 Å². The number of nitrogens with two attached hydrogens (primary N) is 1. The van der Waals surface area contributed by atoms with E-state index in [2.05, 4.69) is 25.1 Å². The molecular formula is C15H16FNS. The van der Waals surface area contributed by atoms with Crippen LogP contribution in [0.5, 0.6) is 0 Å². The fourth-order valence-corrected chi connectivity index (χ4v) is 2.66. The lowest BCUT2D eigenvalue weighted by atomic mass is 10.1. The van der Waals surface area contributed by atoms with Gasteiger partial charge in [0.2, 0.25) is 0 Å². The number of hydrogen-bond acceptors (Lipinski definition) is 2. The average Bonchev–Trinajstić information content (AvgIpc) is 2.36. The molecule has 0 aliphatic carbocycles. The summed E-state index contributed by atoms with van der Waals surface area (Å²) in [5, 5.41) is 0. The molecule has 0 bridgehead atoms. The SMILES string of the molecule is Cc1cc(CCN)ccc1Sc1ccc(F)cc1. The van der Waals surface area contributed by atoms with Crippen LogP contribution in [-0.4, -0.2) is 6.54 Å². The highest BCUT2D eigenvalue weighted by molar-refractivity contribution is 7.99. The van der Waals surface area contributed by atoms with Gasteiger partial charge in [-0.3, -0.25) is 0 Å². The van der Waals surface area contributed by atoms with E-state index < -0.39 is 0 Å². The minimum Gasteiger partial charge on any atom is -0.330 e. The van der Waals surface area contributed by atoms with E-state index in [9.17, 15) is 4.39 Å². The molecule has 0 saturated carbocycles. The average molecular weight is 261 g/mol. The third-order valence-corrected chi connectivity index (χ3v) is 3.90. The van der Waals surface area contributed by atoms with Crippen molar-refractivity contribution >= 4 is 11.8 Å². The van der Waals surface area contributed by atoms with Gasteiger partial charge < -0.3 is 5.73 Å². The maximum Gasteiger partial charge on any atom is 0.123 e. The molecule has 2 rings (SSSR count). The molecular weight excluding hydrogens is 245 g/mol. The molecule has 0 heterocycles. The lowest BCUT2D eigenvalue weighted by Crippen LogP contribution is -2.02. The second kappa shape index (κ2) is 6.03. The molecule has 2 aromatic rings. The molecule has 1 nitrogen and oxygen atoms in total. The molecule has 94 valence electrons. The number of hydrogen-bond donors (Lipinski definition) is 1. The summed E-state index contributed by atoms with van der Waals surface area (Å²) < 4.78 is 12.8. The Morgan fingerprint density at radius 1 is 1.11 bits per heavy atom. The van der Waals surface area contributed by atoms with Crippen LogP contribution in [0.15, 0.2) is 52.3 Å². The standard InChI is InChI=1S/C15H16FNS/c1-11-10-12(8-9-17)2-7-15(11)18-14-5-3-13(16)4-6-14/h2-7,10H,8-9,17H2,1H3. The topological polar surface area (TPSA) is 26.0 Å². The zero-order valence-electron chi connectivity index (χ0n) is 10.3. The molecule has 18 heavy (non-hydrogen) atoms. The summed E-state index contributed by atoms with van der Waals surface area (Å²) in [5.41, 5.74) is 8.04. The predicted molar refractivity (Wildman–Crippen MR) is 74.5 cm³/mol. The van der Waals surface area contributed by atoms with Gasteiger partial charge in [0, 0.05) is 9.79 Å². The molecule has 0 spiro atoms. The number of halogens is 1. The molecule has 0 amide bonds. The highest BCUT2D eigenvalue weighted by atomic mass is 32.2. The van der Waals surface area contributed by atoms with Gasteiger partial charge in [-0.1, -0.05) is 23.9 Å². The van der Waals surface area contributed by atoms with Crippen molar-refractivity contribution in [1.82, 2.24) is 0 Å². The maximum atomic E-state index is 12.8. The van der Waals surface area contributed by atoms with Crippen molar-refractivity contribution in [2.45, 2.75) is 23.1 Å². The third kappa shape index (κ3) is 3.34. The first-order valence-electron chi connectivity index (χ1n) is 5.92. The molecule has 2 N–H and O–H groups in total. The molecule has 0 saturated heterocycles. The van der Waals surface area contributed by atoms with Gasteiger partial charge in [-0.05, 0) is 61.3 Å². The summed E-state index contributed by atoms with van der Waals surface area (Å²) in [6.45, 7) is 2.76. The van der Waals surface area contributed by atoms with E-state index in [1.54, 1.807) is 23.9 Å². The first kappa shape index (κ1) is 13.1. The van der Waals surface area contributed by atoms with E-state index >= 15 is 0 Å². The van der Waals surface area contributed by atoms with Crippen LogP contribution in [0.2, 0.25) is 0 Å². The summed E-state index contributed by atoms with van der Waals surface area (Å²) >= 11 is 1.65. The molecule has 0 aromatic heterocycles. The molecule has 2 aromatic carbocycles. The number of benzene rings is 2. The van der Waals surface area contributed by atoms with Gasteiger partial charge in [-0.25, -0.2) is 4.39 Å². The van der Waals surface area contributed by atoms with Crippen molar-refractivity contribution in [3.8, 4) is 0 Å². The van der Waals surface area contributed by atoms with Crippen LogP contribution in [0.25, 0.3) is 0 Å². The Morgan fingerprint density at radius 2 is 1.83 bits per heavy atom. The van der Waals surface area contributed by atoms with E-state index in [1.807, 2.05) is 0 Å². The van der Waals surface area contributed by atoms with Crippen molar-refractivity contribution < 1.29 is 4.39 Å². The van der Waals surface area contributed by atoms with Gasteiger partial charge in [-0.15, -0.1) is 0 Å². The molecule has 0 aliphatic rings. The minimum atomic E-state index is -0.200. The Bertz CT molecular complexity index is 523. The summed E-state index contributed by atoms with van der Waals surface area (Å²) in [6.07, 6.45) is 0.905. The predicted octanol–water partition coefficient (Wildman–Crippen LogP) is 3.79. The Morgan fingerprint density at radius 3 is 2.44 bits per heavy atom. The first-order chi connectivity index (χ1) is 8.69. The molecule has 0 aliphatic heterocycles. The maximum absolute atomic E-state index is 12.8. The van der Waals surface area contributed by atoms with E-state index in [0.29, 0.717) is 6.54 Å². The van der Waals surface area contributed by atoms with E-state index in [-0.39, 0.29) is 5.82 Å². The number of aryl methyl sites for hydroxylation is 1. The van der Waals surface area contributed by atoms with Crippen LogP contribution in [0, 0.1) is 12.7 Å². The van der Waals surface area contributed by atoms with Crippen LogP contribution in [0.4, 0.5) is 4.39 Å². The van der Waals surface area contributed by atoms with Crippen molar-refractivity contribution in [2.24, 2.45) is 5.73 Å². The Labute approximate surface area is 111 Å². The first-order valence-corrected chi connectivity index (χ1v) is 6.73. The van der Waals surface area contributed by atoms with Crippen molar-refractivity contribution in [1.29, 1.82) is 0 Å². The normalized spacial score (nSPS) is 10.6. The van der Waals surface area contributed by atoms with Crippen molar-refractivity contribution in [3.05, 3.63) is 59.4 Å². The van der Waals surface area contributed by atoms with Crippen LogP contribution in [0.1, 0.15) is 11.1 Å². The second-order valence-corrected chi connectivity index (χ2v) is 5.31. The lowest BCUT2D eigenvalue weighted by Gasteiger charge is -2.08. The van der Waals surface area contributed by atoms with Crippen LogP contribution in [0.3, 0.4) is 0 Å². The summed E-state index contributed by atoms with van der Waals surface area (Å²) in [5.74, 6) is -0.200. The van der Waals surface area contributed by atoms with Crippen molar-refractivity contribution in [3.63, 3.8) is 0 Å². The second-order valence-electron chi connectivity index (χ2n) is 4.19. The Kier molecular flexibility index (Phi) is 4.39. The quantitative estimate of drug-likeness (QED) is 0.906. The highest BCUT2D eigenvalue weighted by Gasteiger charge is 2.03. The minimum absolute atomic E-state index is 0.200. The molecule has 0 radical (unpaired) electrons. The van der Waals surface area contributed by atoms with Gasteiger partial charge in [0.1, 0.15) is 5.82 Å². The van der Waals surface area contributed by atoms with E-state index in [0.717, 1.165) is 11.3 Å². The zero-order chi connectivity index (χ0) is 13.0. The largest absolute Gasteiger partial charge is 0.330 e. The van der Waals surface area contributed by atoms with E-state index in [4.69, 9.17) is 5.73 Å². The zero-order valence-corrected chi connectivity index (χ0v) is 11.1. The molecule has 0 unspecified atom stereocenters. The summed E-state index contributed by atoms with van der Waals surface area (Å²) in [4.78, 5) is 2.24. The van der Waals surface area contributed by atoms with Crippen LogP contribution >= 0.6 is 11.8 Å². The fourth-order valence-electron chi connectivity index (χ4n) is 1.78. The van der Waals surface area contributed by atoms with E-state index in [1.165, 1.54) is 28.2 Å². The molecule has 0 fully saturated rings. The van der Waals surface area contributed by atoms with Gasteiger partial charge in [0.25, 0.3) is 0 Å². The smallest absolute Gasteiger partial charge is 0.123 e. The molecule has 0 atom stereocenters. The van der Waals surface area contributed by atoms with Gasteiger partial charge >= 0.3 is 0 Å². The van der Waals surface area contributed by atoms with Gasteiger partial charge in [0.15, 0.2) is 0 Å².